The minimum absolute atomic E-state index is 0.411. The van der Waals surface area contributed by atoms with E-state index < -0.39 is 0 Å². The highest BCUT2D eigenvalue weighted by Gasteiger charge is 2.25. The van der Waals surface area contributed by atoms with Crippen LogP contribution in [0.15, 0.2) is 30.9 Å². The van der Waals surface area contributed by atoms with Gasteiger partial charge < -0.3 is 9.47 Å². The third kappa shape index (κ3) is 3.81. The molecule has 0 spiro atoms. The lowest BCUT2D eigenvalue weighted by molar-refractivity contribution is 0.193. The molecule has 3 aromatic rings. The summed E-state index contributed by atoms with van der Waals surface area (Å²) in [6.07, 6.45) is 9.60. The van der Waals surface area contributed by atoms with Crippen molar-refractivity contribution in [1.29, 1.82) is 0 Å². The van der Waals surface area contributed by atoms with E-state index in [2.05, 4.69) is 36.9 Å². The van der Waals surface area contributed by atoms with Crippen LogP contribution in [-0.2, 0) is 20.1 Å². The Morgan fingerprint density at radius 3 is 2.88 bits per heavy atom. The second kappa shape index (κ2) is 7.59. The number of nitrogens with zero attached hydrogens (tertiary/aromatic N) is 8. The average Bonchev–Trinajstić information content (AvgIpc) is 3.37. The van der Waals surface area contributed by atoms with E-state index in [1.807, 2.05) is 27.8 Å². The first kappa shape index (κ1) is 17.2. The van der Waals surface area contributed by atoms with Crippen molar-refractivity contribution in [2.24, 2.45) is 7.05 Å². The number of piperidine rings is 1. The number of rotatable bonds is 6. The standard InChI is InChI=1S/C17H23ClN8/c1-23-16(13-25-7-3-5-19-25)21-22-17(23)14-4-2-6-24(11-14)8-9-26-12-15(18)10-20-26/h3,5,7,10,12,14H,2,4,6,8-9,11,13H2,1H3. The lowest BCUT2D eigenvalue weighted by Crippen LogP contribution is -2.37. The largest absolute Gasteiger partial charge is 0.316 e. The van der Waals surface area contributed by atoms with Gasteiger partial charge in [0.05, 0.1) is 17.8 Å². The molecule has 1 atom stereocenters. The summed E-state index contributed by atoms with van der Waals surface area (Å²) in [6, 6.07) is 1.92. The van der Waals surface area contributed by atoms with Gasteiger partial charge in [-0.1, -0.05) is 11.6 Å². The van der Waals surface area contributed by atoms with Gasteiger partial charge in [0.2, 0.25) is 0 Å². The number of hydrogen-bond acceptors (Lipinski definition) is 5. The van der Waals surface area contributed by atoms with Crippen LogP contribution in [0.3, 0.4) is 0 Å². The first-order valence-corrected chi connectivity index (χ1v) is 9.33. The van der Waals surface area contributed by atoms with Gasteiger partial charge in [-0.25, -0.2) is 0 Å². The van der Waals surface area contributed by atoms with Gasteiger partial charge in [-0.3, -0.25) is 9.36 Å². The third-order valence-corrected chi connectivity index (χ3v) is 5.17. The molecule has 1 aliphatic heterocycles. The lowest BCUT2D eigenvalue weighted by Gasteiger charge is -2.32. The predicted molar refractivity (Wildman–Crippen MR) is 98.0 cm³/mol. The minimum atomic E-state index is 0.411. The Bertz CT molecular complexity index is 837. The summed E-state index contributed by atoms with van der Waals surface area (Å²) >= 11 is 5.93. The maximum absolute atomic E-state index is 5.93. The molecular formula is C17H23ClN8. The predicted octanol–water partition coefficient (Wildman–Crippen LogP) is 1.79. The average molecular weight is 375 g/mol. The molecule has 0 aromatic carbocycles. The molecule has 0 aliphatic carbocycles. The Labute approximate surface area is 157 Å². The zero-order valence-corrected chi connectivity index (χ0v) is 15.6. The third-order valence-electron chi connectivity index (χ3n) is 4.98. The number of hydrogen-bond donors (Lipinski definition) is 0. The summed E-state index contributed by atoms with van der Waals surface area (Å²) in [5.74, 6) is 2.42. The molecule has 1 fully saturated rings. The van der Waals surface area contributed by atoms with Crippen LogP contribution >= 0.6 is 11.6 Å². The molecule has 138 valence electrons. The van der Waals surface area contributed by atoms with Crippen molar-refractivity contribution in [2.45, 2.75) is 31.8 Å². The van der Waals surface area contributed by atoms with Crippen molar-refractivity contribution < 1.29 is 0 Å². The molecule has 0 N–H and O–H groups in total. The molecule has 3 aromatic heterocycles. The Morgan fingerprint density at radius 2 is 2.12 bits per heavy atom. The summed E-state index contributed by atoms with van der Waals surface area (Å²) < 4.78 is 5.90. The molecule has 0 saturated carbocycles. The Balaban J connectivity index is 1.38. The van der Waals surface area contributed by atoms with Crippen LogP contribution in [0.5, 0.6) is 0 Å². The summed E-state index contributed by atoms with van der Waals surface area (Å²) in [4.78, 5) is 2.48. The fourth-order valence-corrected chi connectivity index (χ4v) is 3.74. The number of likely N-dealkylation sites (tertiary alicyclic amines) is 1. The van der Waals surface area contributed by atoms with Crippen LogP contribution in [-0.4, -0.2) is 58.9 Å². The maximum atomic E-state index is 5.93. The van der Waals surface area contributed by atoms with Gasteiger partial charge >= 0.3 is 0 Å². The summed E-state index contributed by atoms with van der Waals surface area (Å²) in [7, 11) is 2.05. The normalized spacial score (nSPS) is 18.5. The first-order chi connectivity index (χ1) is 12.7. The molecular weight excluding hydrogens is 352 g/mol. The van der Waals surface area contributed by atoms with E-state index >= 15 is 0 Å². The molecule has 4 heterocycles. The number of halogens is 1. The van der Waals surface area contributed by atoms with Gasteiger partial charge in [0, 0.05) is 44.6 Å². The molecule has 1 saturated heterocycles. The monoisotopic (exact) mass is 374 g/mol. The zero-order valence-electron chi connectivity index (χ0n) is 14.9. The molecule has 0 radical (unpaired) electrons. The Kier molecular flexibility index (Phi) is 5.03. The first-order valence-electron chi connectivity index (χ1n) is 8.95. The molecule has 0 amide bonds. The van der Waals surface area contributed by atoms with Crippen molar-refractivity contribution in [3.05, 3.63) is 47.5 Å². The smallest absolute Gasteiger partial charge is 0.154 e. The SMILES string of the molecule is Cn1c(Cn2cccn2)nnc1C1CCCN(CCn2cc(Cl)cn2)C1. The van der Waals surface area contributed by atoms with Crippen LogP contribution in [0.2, 0.25) is 5.02 Å². The van der Waals surface area contributed by atoms with Gasteiger partial charge in [0.15, 0.2) is 5.82 Å². The van der Waals surface area contributed by atoms with Gasteiger partial charge in [-0.2, -0.15) is 10.2 Å². The fraction of sp³-hybridized carbons (Fsp3) is 0.529. The van der Waals surface area contributed by atoms with E-state index in [9.17, 15) is 0 Å². The van der Waals surface area contributed by atoms with Crippen molar-refractivity contribution in [2.75, 3.05) is 19.6 Å². The van der Waals surface area contributed by atoms with Crippen molar-refractivity contribution in [1.82, 2.24) is 39.2 Å². The van der Waals surface area contributed by atoms with Crippen LogP contribution in [0.1, 0.15) is 30.4 Å². The second-order valence-corrected chi connectivity index (χ2v) is 7.23. The second-order valence-electron chi connectivity index (χ2n) is 6.80. The van der Waals surface area contributed by atoms with Gasteiger partial charge in [-0.05, 0) is 25.5 Å². The summed E-state index contributed by atoms with van der Waals surface area (Å²) in [5, 5.41) is 18.1. The maximum Gasteiger partial charge on any atom is 0.154 e. The van der Waals surface area contributed by atoms with Crippen molar-refractivity contribution >= 4 is 11.6 Å². The minimum Gasteiger partial charge on any atom is -0.316 e. The summed E-state index contributed by atoms with van der Waals surface area (Å²) in [5.41, 5.74) is 0. The van der Waals surface area contributed by atoms with Crippen LogP contribution < -0.4 is 0 Å². The highest BCUT2D eigenvalue weighted by atomic mass is 35.5. The Hall–Kier alpha value is -2.19. The highest BCUT2D eigenvalue weighted by molar-refractivity contribution is 6.30. The molecule has 1 unspecified atom stereocenters. The van der Waals surface area contributed by atoms with E-state index in [1.165, 1.54) is 6.42 Å². The molecule has 0 bridgehead atoms. The van der Waals surface area contributed by atoms with E-state index in [0.717, 1.165) is 44.2 Å². The molecule has 9 heteroatoms. The fourth-order valence-electron chi connectivity index (χ4n) is 3.58. The molecule has 26 heavy (non-hydrogen) atoms. The zero-order chi connectivity index (χ0) is 17.9. The highest BCUT2D eigenvalue weighted by Crippen LogP contribution is 2.25. The van der Waals surface area contributed by atoms with Crippen LogP contribution in [0.25, 0.3) is 0 Å². The van der Waals surface area contributed by atoms with Gasteiger partial charge in [0.1, 0.15) is 12.4 Å². The van der Waals surface area contributed by atoms with Crippen LogP contribution in [0.4, 0.5) is 0 Å². The van der Waals surface area contributed by atoms with Crippen molar-refractivity contribution in [3.63, 3.8) is 0 Å². The summed E-state index contributed by atoms with van der Waals surface area (Å²) in [6.45, 7) is 4.58. The van der Waals surface area contributed by atoms with Crippen LogP contribution in [0, 0.1) is 0 Å². The molecule has 1 aliphatic rings. The van der Waals surface area contributed by atoms with Crippen molar-refractivity contribution in [3.8, 4) is 0 Å². The van der Waals surface area contributed by atoms with E-state index in [4.69, 9.17) is 11.6 Å². The Morgan fingerprint density at radius 1 is 1.19 bits per heavy atom. The van der Waals surface area contributed by atoms with E-state index in [0.29, 0.717) is 17.5 Å². The topological polar surface area (TPSA) is 69.6 Å². The lowest BCUT2D eigenvalue weighted by atomic mass is 9.97. The van der Waals surface area contributed by atoms with Gasteiger partial charge in [-0.15, -0.1) is 10.2 Å². The quantitative estimate of drug-likeness (QED) is 0.658. The van der Waals surface area contributed by atoms with E-state index in [-0.39, 0.29) is 0 Å². The van der Waals surface area contributed by atoms with E-state index in [1.54, 1.807) is 12.4 Å². The number of aromatic nitrogens is 7. The molecule has 8 nitrogen and oxygen atoms in total. The van der Waals surface area contributed by atoms with Gasteiger partial charge in [0.25, 0.3) is 0 Å². The molecule has 4 rings (SSSR count).